The van der Waals surface area contributed by atoms with Crippen LogP contribution in [-0.4, -0.2) is 64.1 Å². The maximum absolute atomic E-state index is 13.2. The monoisotopic (exact) mass is 614 g/mol. The van der Waals surface area contributed by atoms with E-state index in [-0.39, 0.29) is 6.61 Å². The summed E-state index contributed by atoms with van der Waals surface area (Å²) in [5.74, 6) is 1.79. The average Bonchev–Trinajstić information content (AvgIpc) is 3.31. The van der Waals surface area contributed by atoms with Crippen LogP contribution < -0.4 is 14.8 Å². The molecule has 8 nitrogen and oxygen atoms in total. The zero-order valence-corrected chi connectivity index (χ0v) is 24.6. The number of halogens is 1. The molecule has 1 aromatic heterocycles. The number of hydrogen-bond donors (Lipinski definition) is 4. The van der Waals surface area contributed by atoms with Crippen LogP contribution in [0.4, 0.5) is 0 Å². The van der Waals surface area contributed by atoms with Gasteiger partial charge in [0.25, 0.3) is 0 Å². The molecule has 0 amide bonds. The zero-order chi connectivity index (χ0) is 27.6. The highest BCUT2D eigenvalue weighted by atomic mass is 79.9. The van der Waals surface area contributed by atoms with Crippen molar-refractivity contribution in [2.45, 2.75) is 30.3 Å². The minimum absolute atomic E-state index is 0.137. The van der Waals surface area contributed by atoms with Crippen molar-refractivity contribution in [3.05, 3.63) is 65.1 Å². The van der Waals surface area contributed by atoms with Crippen LogP contribution in [0.3, 0.4) is 0 Å². The summed E-state index contributed by atoms with van der Waals surface area (Å²) in [7, 11) is -1.44. The van der Waals surface area contributed by atoms with Gasteiger partial charge in [-0.1, -0.05) is 18.2 Å². The lowest BCUT2D eigenvalue weighted by molar-refractivity contribution is 0.0116. The molecule has 1 aliphatic rings. The van der Waals surface area contributed by atoms with Crippen LogP contribution >= 0.6 is 15.9 Å². The smallest absolute Gasteiger partial charge is 0.143 e. The highest BCUT2D eigenvalue weighted by Gasteiger charge is 2.28. The van der Waals surface area contributed by atoms with Gasteiger partial charge in [-0.05, 0) is 90.6 Å². The van der Waals surface area contributed by atoms with E-state index in [0.29, 0.717) is 41.9 Å². The van der Waals surface area contributed by atoms with Gasteiger partial charge in [-0.3, -0.25) is 0 Å². The highest BCUT2D eigenvalue weighted by molar-refractivity contribution is 9.10. The summed E-state index contributed by atoms with van der Waals surface area (Å²) in [4.78, 5) is 3.93. The van der Waals surface area contributed by atoms with Gasteiger partial charge in [0, 0.05) is 30.5 Å². The fraction of sp³-hybridized carbons (Fsp3) is 0.379. The molecule has 1 saturated heterocycles. The van der Waals surface area contributed by atoms with Crippen LogP contribution in [0, 0.1) is 10.7 Å². The minimum atomic E-state index is -3.02. The fourth-order valence-corrected chi connectivity index (χ4v) is 7.10. The Balaban J connectivity index is 1.13. The molecule has 1 fully saturated rings. The van der Waals surface area contributed by atoms with E-state index in [1.165, 1.54) is 0 Å². The first-order chi connectivity index (χ1) is 18.7. The van der Waals surface area contributed by atoms with E-state index < -0.39 is 15.5 Å². The molecule has 0 spiro atoms. The van der Waals surface area contributed by atoms with Crippen LogP contribution in [0.15, 0.2) is 70.0 Å². The van der Waals surface area contributed by atoms with E-state index in [2.05, 4.69) is 32.3 Å². The number of piperidine rings is 1. The van der Waals surface area contributed by atoms with Crippen molar-refractivity contribution >= 4 is 47.7 Å². The van der Waals surface area contributed by atoms with E-state index >= 15 is 0 Å². The molecule has 1 aliphatic heterocycles. The first-order valence-corrected chi connectivity index (χ1v) is 15.4. The Labute approximate surface area is 237 Å². The van der Waals surface area contributed by atoms with Gasteiger partial charge in [0.2, 0.25) is 0 Å². The molecule has 0 radical (unpaired) electrons. The number of hydrogen-bond acceptors (Lipinski definition) is 6. The number of benzene rings is 3. The molecule has 4 N–H and O–H groups in total. The van der Waals surface area contributed by atoms with E-state index in [1.54, 1.807) is 42.6 Å². The van der Waals surface area contributed by atoms with Gasteiger partial charge in [0.15, 0.2) is 0 Å². The van der Waals surface area contributed by atoms with Crippen molar-refractivity contribution in [3.63, 3.8) is 0 Å². The minimum Gasteiger partial charge on any atom is -0.497 e. The van der Waals surface area contributed by atoms with Crippen molar-refractivity contribution in [1.82, 2.24) is 14.6 Å². The number of ether oxygens (including phenoxy) is 2. The predicted molar refractivity (Wildman–Crippen MR) is 159 cm³/mol. The Hall–Kier alpha value is -2.63. The van der Waals surface area contributed by atoms with Gasteiger partial charge in [-0.15, -0.1) is 0 Å². The SMILES string of the molecule is COc1ccc(S(=N)(=O)N2CCC(CNC[C@@](C)(O)COc3c(Br)ccc4[nH]c5ccccc5c34)CC2)cc1. The van der Waals surface area contributed by atoms with E-state index in [1.807, 2.05) is 30.3 Å². The highest BCUT2D eigenvalue weighted by Crippen LogP contribution is 2.38. The third-order valence-electron chi connectivity index (χ3n) is 7.36. The number of rotatable bonds is 10. The standard InChI is InChI=1S/C29H35BrN4O4S/c1-29(35,19-38-28-24(30)11-12-26-27(28)23-5-3-4-6-25(23)33-26)18-32-17-20-13-15-34(16-14-20)39(31,36)22-9-7-21(37-2)8-10-22/h3-12,20,31-33,35H,13-19H2,1-2H3/t29-,39?/m1/s1. The second-order valence-corrected chi connectivity index (χ2v) is 13.4. The molecule has 1 unspecified atom stereocenters. The number of fused-ring (bicyclic) bond motifs is 3. The molecule has 2 heterocycles. The Bertz CT molecular complexity index is 1550. The van der Waals surface area contributed by atoms with Gasteiger partial charge in [-0.25, -0.2) is 13.3 Å². The molecular formula is C29H35BrN4O4S. The third-order valence-corrected chi connectivity index (χ3v) is 9.99. The topological polar surface area (TPSA) is 111 Å². The summed E-state index contributed by atoms with van der Waals surface area (Å²) in [6.07, 6.45) is 1.68. The number of methoxy groups -OCH3 is 1. The molecule has 208 valence electrons. The lowest BCUT2D eigenvalue weighted by Crippen LogP contribution is -2.45. The molecule has 5 rings (SSSR count). The largest absolute Gasteiger partial charge is 0.497 e. The first kappa shape index (κ1) is 27.9. The maximum atomic E-state index is 13.2. The second kappa shape index (κ2) is 11.5. The quantitative estimate of drug-likeness (QED) is 0.187. The summed E-state index contributed by atoms with van der Waals surface area (Å²) < 4.78 is 35.8. The second-order valence-electron chi connectivity index (χ2n) is 10.5. The molecule has 0 bridgehead atoms. The Morgan fingerprint density at radius 2 is 1.85 bits per heavy atom. The van der Waals surface area contributed by atoms with Gasteiger partial charge in [-0.2, -0.15) is 0 Å². The van der Waals surface area contributed by atoms with Crippen LogP contribution in [0.1, 0.15) is 19.8 Å². The molecule has 0 saturated carbocycles. The number of para-hydroxylation sites is 1. The zero-order valence-electron chi connectivity index (χ0n) is 22.2. The molecular weight excluding hydrogens is 580 g/mol. The summed E-state index contributed by atoms with van der Waals surface area (Å²) in [5.41, 5.74) is 0.959. The number of aromatic amines is 1. The van der Waals surface area contributed by atoms with Gasteiger partial charge >= 0.3 is 0 Å². The van der Waals surface area contributed by atoms with Crippen LogP contribution in [0.25, 0.3) is 21.8 Å². The van der Waals surface area contributed by atoms with Crippen molar-refractivity contribution < 1.29 is 18.8 Å². The van der Waals surface area contributed by atoms with E-state index in [0.717, 1.165) is 45.7 Å². The Morgan fingerprint density at radius 1 is 1.13 bits per heavy atom. The van der Waals surface area contributed by atoms with Crippen molar-refractivity contribution in [3.8, 4) is 11.5 Å². The van der Waals surface area contributed by atoms with Crippen LogP contribution in [0.2, 0.25) is 0 Å². The van der Waals surface area contributed by atoms with Gasteiger partial charge < -0.3 is 24.9 Å². The molecule has 0 aliphatic carbocycles. The number of aromatic nitrogens is 1. The molecule has 3 aromatic carbocycles. The summed E-state index contributed by atoms with van der Waals surface area (Å²) in [5, 5.41) is 16.5. The lowest BCUT2D eigenvalue weighted by atomic mass is 9.98. The number of H-pyrrole nitrogens is 1. The summed E-state index contributed by atoms with van der Waals surface area (Å²) in [6.45, 7) is 4.24. The molecule has 10 heteroatoms. The maximum Gasteiger partial charge on any atom is 0.143 e. The number of aliphatic hydroxyl groups is 1. The average molecular weight is 616 g/mol. The summed E-state index contributed by atoms with van der Waals surface area (Å²) in [6, 6.07) is 19.0. The van der Waals surface area contributed by atoms with Gasteiger partial charge in [0.1, 0.15) is 33.6 Å². The third kappa shape index (κ3) is 6.10. The lowest BCUT2D eigenvalue weighted by Gasteiger charge is -2.33. The Kier molecular flexibility index (Phi) is 8.21. The molecule has 39 heavy (non-hydrogen) atoms. The number of nitrogens with one attached hydrogen (secondary N) is 3. The van der Waals surface area contributed by atoms with Crippen LogP contribution in [-0.2, 0) is 9.92 Å². The first-order valence-electron chi connectivity index (χ1n) is 13.1. The normalized spacial score (nSPS) is 18.2. The molecule has 2 atom stereocenters. The molecule has 4 aromatic rings. The fourth-order valence-electron chi connectivity index (χ4n) is 5.13. The van der Waals surface area contributed by atoms with Crippen LogP contribution in [0.5, 0.6) is 11.5 Å². The number of nitrogens with zero attached hydrogens (tertiary/aromatic N) is 1. The Morgan fingerprint density at radius 3 is 2.56 bits per heavy atom. The van der Waals surface area contributed by atoms with Crippen molar-refractivity contribution in [2.75, 3.05) is 39.9 Å². The predicted octanol–water partition coefficient (Wildman–Crippen LogP) is 5.54. The summed E-state index contributed by atoms with van der Waals surface area (Å²) >= 11 is 3.62. The van der Waals surface area contributed by atoms with E-state index in [9.17, 15) is 9.32 Å². The van der Waals surface area contributed by atoms with Crippen molar-refractivity contribution in [2.24, 2.45) is 5.92 Å². The van der Waals surface area contributed by atoms with Gasteiger partial charge in [0.05, 0.1) is 27.4 Å². The van der Waals surface area contributed by atoms with E-state index in [4.69, 9.17) is 14.3 Å². The van der Waals surface area contributed by atoms with Crippen molar-refractivity contribution in [1.29, 1.82) is 4.78 Å².